The van der Waals surface area contributed by atoms with Gasteiger partial charge in [-0.2, -0.15) is 0 Å². The van der Waals surface area contributed by atoms with E-state index < -0.39 is 0 Å². The third-order valence-corrected chi connectivity index (χ3v) is 3.36. The monoisotopic (exact) mass is 258 g/mol. The molecule has 0 spiro atoms. The molecule has 1 amide bonds. The van der Waals surface area contributed by atoms with Crippen LogP contribution in [0.25, 0.3) is 0 Å². The number of benzene rings is 1. The Bertz CT molecular complexity index is 402. The van der Waals surface area contributed by atoms with Gasteiger partial charge in [0.15, 0.2) is 0 Å². The fourth-order valence-corrected chi connectivity index (χ4v) is 2.35. The van der Waals surface area contributed by atoms with Crippen molar-refractivity contribution < 1.29 is 4.79 Å². The van der Waals surface area contributed by atoms with Crippen molar-refractivity contribution in [1.82, 2.24) is 4.90 Å². The first-order chi connectivity index (χ1) is 7.58. The Morgan fingerprint density at radius 1 is 1.38 bits per heavy atom. The number of amides is 1. The van der Waals surface area contributed by atoms with Gasteiger partial charge in [-0.25, -0.2) is 0 Å². The standard InChI is InChI=1S/C11H12Cl2N2O/c12-9-2-1-3-10(13)8(9)6-15-5-7(14)4-11(15)16/h1-3,7H,4-6,14H2. The second-order valence-electron chi connectivity index (χ2n) is 3.94. The summed E-state index contributed by atoms with van der Waals surface area (Å²) < 4.78 is 0. The van der Waals surface area contributed by atoms with Gasteiger partial charge in [0, 0.05) is 41.2 Å². The van der Waals surface area contributed by atoms with E-state index in [1.165, 1.54) is 0 Å². The van der Waals surface area contributed by atoms with Crippen molar-refractivity contribution in [2.45, 2.75) is 19.0 Å². The second kappa shape index (κ2) is 4.62. The summed E-state index contributed by atoms with van der Waals surface area (Å²) in [7, 11) is 0. The second-order valence-corrected chi connectivity index (χ2v) is 4.75. The van der Waals surface area contributed by atoms with Crippen LogP contribution in [-0.2, 0) is 11.3 Å². The molecule has 1 aromatic carbocycles. The highest BCUT2D eigenvalue weighted by atomic mass is 35.5. The lowest BCUT2D eigenvalue weighted by atomic mass is 10.2. The molecule has 2 rings (SSSR count). The van der Waals surface area contributed by atoms with E-state index in [-0.39, 0.29) is 11.9 Å². The molecule has 0 saturated carbocycles. The van der Waals surface area contributed by atoms with Gasteiger partial charge >= 0.3 is 0 Å². The van der Waals surface area contributed by atoms with Crippen LogP contribution in [-0.4, -0.2) is 23.4 Å². The number of carbonyl (C=O) groups is 1. The predicted octanol–water partition coefficient (Wildman–Crippen LogP) is 2.05. The lowest BCUT2D eigenvalue weighted by Crippen LogP contribution is -2.28. The first-order valence-electron chi connectivity index (χ1n) is 5.04. The van der Waals surface area contributed by atoms with E-state index in [0.717, 1.165) is 5.56 Å². The average Bonchev–Trinajstić information content (AvgIpc) is 2.51. The first kappa shape index (κ1) is 11.7. The topological polar surface area (TPSA) is 46.3 Å². The lowest BCUT2D eigenvalue weighted by molar-refractivity contribution is -0.128. The Morgan fingerprint density at radius 2 is 2.00 bits per heavy atom. The normalized spacial score (nSPS) is 20.6. The number of nitrogens with zero attached hydrogens (tertiary/aromatic N) is 1. The van der Waals surface area contributed by atoms with Crippen molar-refractivity contribution in [1.29, 1.82) is 0 Å². The minimum Gasteiger partial charge on any atom is -0.337 e. The van der Waals surface area contributed by atoms with Crippen LogP contribution in [0.3, 0.4) is 0 Å². The minimum absolute atomic E-state index is 0.0588. The highest BCUT2D eigenvalue weighted by molar-refractivity contribution is 6.36. The Kier molecular flexibility index (Phi) is 3.38. The summed E-state index contributed by atoms with van der Waals surface area (Å²) in [6.07, 6.45) is 0.405. The van der Waals surface area contributed by atoms with Gasteiger partial charge in [0.1, 0.15) is 0 Å². The lowest BCUT2D eigenvalue weighted by Gasteiger charge is -2.17. The van der Waals surface area contributed by atoms with E-state index in [1.807, 2.05) is 0 Å². The Morgan fingerprint density at radius 3 is 2.50 bits per heavy atom. The average molecular weight is 259 g/mol. The van der Waals surface area contributed by atoms with Crippen molar-refractivity contribution in [3.8, 4) is 0 Å². The van der Waals surface area contributed by atoms with E-state index in [1.54, 1.807) is 23.1 Å². The zero-order valence-electron chi connectivity index (χ0n) is 8.62. The molecule has 2 N–H and O–H groups in total. The summed E-state index contributed by atoms with van der Waals surface area (Å²) in [5.41, 5.74) is 6.50. The van der Waals surface area contributed by atoms with Crippen LogP contribution in [0.2, 0.25) is 10.0 Å². The molecule has 86 valence electrons. The molecule has 1 aliphatic heterocycles. The molecule has 1 aliphatic rings. The molecule has 16 heavy (non-hydrogen) atoms. The van der Waals surface area contributed by atoms with Crippen molar-refractivity contribution in [2.75, 3.05) is 6.54 Å². The van der Waals surface area contributed by atoms with Gasteiger partial charge in [0.05, 0.1) is 0 Å². The fourth-order valence-electron chi connectivity index (χ4n) is 1.83. The largest absolute Gasteiger partial charge is 0.337 e. The van der Waals surface area contributed by atoms with Gasteiger partial charge < -0.3 is 10.6 Å². The third kappa shape index (κ3) is 2.32. The van der Waals surface area contributed by atoms with Crippen molar-refractivity contribution in [3.05, 3.63) is 33.8 Å². The molecule has 1 atom stereocenters. The number of hydrogen-bond acceptors (Lipinski definition) is 2. The van der Waals surface area contributed by atoms with Crippen LogP contribution in [0.15, 0.2) is 18.2 Å². The molecular formula is C11H12Cl2N2O. The maximum absolute atomic E-state index is 11.6. The summed E-state index contributed by atoms with van der Waals surface area (Å²) in [5, 5.41) is 1.17. The number of likely N-dealkylation sites (tertiary alicyclic amines) is 1. The molecule has 5 heteroatoms. The maximum atomic E-state index is 11.6. The van der Waals surface area contributed by atoms with Gasteiger partial charge in [-0.15, -0.1) is 0 Å². The van der Waals surface area contributed by atoms with Gasteiger partial charge in [-0.1, -0.05) is 29.3 Å². The number of halogens is 2. The van der Waals surface area contributed by atoms with E-state index in [0.29, 0.717) is 29.6 Å². The molecule has 1 unspecified atom stereocenters. The molecule has 1 heterocycles. The molecule has 0 aliphatic carbocycles. The van der Waals surface area contributed by atoms with Crippen LogP contribution in [0, 0.1) is 0 Å². The van der Waals surface area contributed by atoms with E-state index >= 15 is 0 Å². The van der Waals surface area contributed by atoms with Gasteiger partial charge in [-0.05, 0) is 12.1 Å². The zero-order chi connectivity index (χ0) is 11.7. The van der Waals surface area contributed by atoms with E-state index in [9.17, 15) is 4.79 Å². The summed E-state index contributed by atoms with van der Waals surface area (Å²) in [6, 6.07) is 5.24. The Labute approximate surface area is 104 Å². The number of carbonyl (C=O) groups excluding carboxylic acids is 1. The van der Waals surface area contributed by atoms with Crippen LogP contribution < -0.4 is 5.73 Å². The fraction of sp³-hybridized carbons (Fsp3) is 0.364. The summed E-state index contributed by atoms with van der Waals surface area (Å²) in [5.74, 6) is 0.0588. The third-order valence-electron chi connectivity index (χ3n) is 2.66. The van der Waals surface area contributed by atoms with Crippen LogP contribution in [0.5, 0.6) is 0 Å². The van der Waals surface area contributed by atoms with Crippen LogP contribution in [0.1, 0.15) is 12.0 Å². The molecular weight excluding hydrogens is 247 g/mol. The van der Waals surface area contributed by atoms with Crippen LogP contribution in [0.4, 0.5) is 0 Å². The molecule has 1 saturated heterocycles. The van der Waals surface area contributed by atoms with E-state index in [2.05, 4.69) is 0 Å². The highest BCUT2D eigenvalue weighted by Crippen LogP contribution is 2.27. The summed E-state index contributed by atoms with van der Waals surface area (Å²) in [6.45, 7) is 1.01. The zero-order valence-corrected chi connectivity index (χ0v) is 10.1. The van der Waals surface area contributed by atoms with Crippen molar-refractivity contribution >= 4 is 29.1 Å². The van der Waals surface area contributed by atoms with Crippen LogP contribution >= 0.6 is 23.2 Å². The molecule has 3 nitrogen and oxygen atoms in total. The Balaban J connectivity index is 2.18. The molecule has 1 aromatic rings. The van der Waals surface area contributed by atoms with E-state index in [4.69, 9.17) is 28.9 Å². The molecule has 1 fully saturated rings. The highest BCUT2D eigenvalue weighted by Gasteiger charge is 2.27. The smallest absolute Gasteiger partial charge is 0.224 e. The number of hydrogen-bond donors (Lipinski definition) is 1. The van der Waals surface area contributed by atoms with Gasteiger partial charge in [0.25, 0.3) is 0 Å². The number of rotatable bonds is 2. The van der Waals surface area contributed by atoms with Crippen molar-refractivity contribution in [2.24, 2.45) is 5.73 Å². The van der Waals surface area contributed by atoms with Gasteiger partial charge in [0.2, 0.25) is 5.91 Å². The van der Waals surface area contributed by atoms with Gasteiger partial charge in [-0.3, -0.25) is 4.79 Å². The summed E-state index contributed by atoms with van der Waals surface area (Å²) >= 11 is 12.1. The quantitative estimate of drug-likeness (QED) is 0.883. The van der Waals surface area contributed by atoms with Crippen molar-refractivity contribution in [3.63, 3.8) is 0 Å². The SMILES string of the molecule is NC1CC(=O)N(Cc2c(Cl)cccc2Cl)C1. The maximum Gasteiger partial charge on any atom is 0.224 e. The Hall–Kier alpha value is -0.770. The molecule has 0 radical (unpaired) electrons. The summed E-state index contributed by atoms with van der Waals surface area (Å²) in [4.78, 5) is 13.3. The predicted molar refractivity (Wildman–Crippen MR) is 64.5 cm³/mol. The first-order valence-corrected chi connectivity index (χ1v) is 5.80. The minimum atomic E-state index is -0.0752. The number of nitrogens with two attached hydrogens (primary N) is 1. The molecule has 0 bridgehead atoms. The molecule has 0 aromatic heterocycles.